The van der Waals surface area contributed by atoms with Crippen LogP contribution in [0.3, 0.4) is 0 Å². The Bertz CT molecular complexity index is 869. The Kier molecular flexibility index (Phi) is 11.0. The molecule has 0 radical (unpaired) electrons. The minimum absolute atomic E-state index is 0.0239. The van der Waals surface area contributed by atoms with Crippen molar-refractivity contribution in [3.63, 3.8) is 0 Å². The molecule has 1 saturated heterocycles. The zero-order chi connectivity index (χ0) is 25.3. The molecule has 1 aromatic rings. The van der Waals surface area contributed by atoms with E-state index in [1.54, 1.807) is 12.1 Å². The number of phenolic OH excluding ortho intramolecular Hbond substituents is 1. The smallest absolute Gasteiger partial charge is 0.326 e. The SMILES string of the molecule is CSCCC(NC(=O)C(N)CS)C(=O)N1CCCC1C(=O)NC(Cc1ccc(O)cc1)C(=O)O. The first-order valence-corrected chi connectivity index (χ1v) is 13.0. The molecule has 1 aromatic carbocycles. The first kappa shape index (κ1) is 27.8. The minimum atomic E-state index is -1.21. The van der Waals surface area contributed by atoms with E-state index in [2.05, 4.69) is 23.3 Å². The lowest BCUT2D eigenvalue weighted by Crippen LogP contribution is -2.57. The van der Waals surface area contributed by atoms with Crippen LogP contribution in [-0.4, -0.2) is 87.3 Å². The van der Waals surface area contributed by atoms with Gasteiger partial charge in [-0.25, -0.2) is 4.79 Å². The lowest BCUT2D eigenvalue weighted by molar-refractivity contribution is -0.144. The number of carboxylic acids is 1. The van der Waals surface area contributed by atoms with Gasteiger partial charge in [0.15, 0.2) is 0 Å². The molecule has 34 heavy (non-hydrogen) atoms. The fourth-order valence-corrected chi connectivity index (χ4v) is 4.33. The lowest BCUT2D eigenvalue weighted by atomic mass is 10.0. The molecule has 0 spiro atoms. The van der Waals surface area contributed by atoms with E-state index in [1.807, 2.05) is 6.26 Å². The Balaban J connectivity index is 2.11. The van der Waals surface area contributed by atoms with Gasteiger partial charge in [0.25, 0.3) is 0 Å². The largest absolute Gasteiger partial charge is 0.508 e. The van der Waals surface area contributed by atoms with Crippen LogP contribution in [0.15, 0.2) is 24.3 Å². The molecule has 0 bridgehead atoms. The molecule has 12 heteroatoms. The lowest BCUT2D eigenvalue weighted by Gasteiger charge is -2.30. The molecule has 1 fully saturated rings. The zero-order valence-electron chi connectivity index (χ0n) is 19.0. The van der Waals surface area contributed by atoms with Gasteiger partial charge >= 0.3 is 5.97 Å². The van der Waals surface area contributed by atoms with E-state index >= 15 is 0 Å². The molecule has 188 valence electrons. The second kappa shape index (κ2) is 13.4. The van der Waals surface area contributed by atoms with E-state index < -0.39 is 47.9 Å². The number of likely N-dealkylation sites (tertiary alicyclic amines) is 1. The molecule has 2 rings (SSSR count). The number of carbonyl (C=O) groups excluding carboxylic acids is 3. The average Bonchev–Trinajstić information content (AvgIpc) is 3.31. The van der Waals surface area contributed by atoms with Crippen LogP contribution in [0.5, 0.6) is 5.75 Å². The molecule has 0 saturated carbocycles. The second-order valence-corrected chi connectivity index (χ2v) is 9.44. The van der Waals surface area contributed by atoms with Crippen LogP contribution in [0.25, 0.3) is 0 Å². The highest BCUT2D eigenvalue weighted by Gasteiger charge is 2.39. The maximum Gasteiger partial charge on any atom is 0.326 e. The fourth-order valence-electron chi connectivity index (χ4n) is 3.69. The molecule has 3 amide bonds. The summed E-state index contributed by atoms with van der Waals surface area (Å²) in [6, 6.07) is 2.31. The summed E-state index contributed by atoms with van der Waals surface area (Å²) in [5.74, 6) is -1.85. The van der Waals surface area contributed by atoms with E-state index in [9.17, 15) is 29.4 Å². The van der Waals surface area contributed by atoms with Gasteiger partial charge in [-0.05, 0) is 49.0 Å². The van der Waals surface area contributed by atoms with Crippen LogP contribution in [0, 0.1) is 0 Å². The van der Waals surface area contributed by atoms with Crippen molar-refractivity contribution in [2.45, 2.75) is 49.9 Å². The highest BCUT2D eigenvalue weighted by atomic mass is 32.2. The molecule has 4 atom stereocenters. The summed E-state index contributed by atoms with van der Waals surface area (Å²) in [7, 11) is 0. The number of thioether (sulfide) groups is 1. The number of nitrogens with zero attached hydrogens (tertiary/aromatic N) is 1. The maximum absolute atomic E-state index is 13.3. The van der Waals surface area contributed by atoms with Crippen LogP contribution in [0.4, 0.5) is 0 Å². The Morgan fingerprint density at radius 3 is 2.47 bits per heavy atom. The average molecular weight is 513 g/mol. The predicted octanol–water partition coefficient (Wildman–Crippen LogP) is -0.00990. The van der Waals surface area contributed by atoms with Gasteiger partial charge in [-0.2, -0.15) is 24.4 Å². The molecular formula is C22H32N4O6S2. The van der Waals surface area contributed by atoms with E-state index in [0.29, 0.717) is 37.1 Å². The minimum Gasteiger partial charge on any atom is -0.508 e. The van der Waals surface area contributed by atoms with Crippen molar-refractivity contribution in [2.75, 3.05) is 24.3 Å². The number of carbonyl (C=O) groups is 4. The van der Waals surface area contributed by atoms with Gasteiger partial charge in [-0.15, -0.1) is 0 Å². The van der Waals surface area contributed by atoms with Gasteiger partial charge < -0.3 is 31.5 Å². The number of hydrogen-bond acceptors (Lipinski definition) is 8. The molecule has 4 unspecified atom stereocenters. The van der Waals surface area contributed by atoms with Crippen LogP contribution in [0.2, 0.25) is 0 Å². The third-order valence-electron chi connectivity index (χ3n) is 5.59. The van der Waals surface area contributed by atoms with Crippen LogP contribution >= 0.6 is 24.4 Å². The summed E-state index contributed by atoms with van der Waals surface area (Å²) in [5, 5.41) is 24.2. The molecule has 1 heterocycles. The Hall–Kier alpha value is -2.44. The van der Waals surface area contributed by atoms with Crippen molar-refractivity contribution in [3.8, 4) is 5.75 Å². The van der Waals surface area contributed by atoms with E-state index in [4.69, 9.17) is 5.73 Å². The summed E-state index contributed by atoms with van der Waals surface area (Å²) in [5.41, 5.74) is 6.35. The van der Waals surface area contributed by atoms with Crippen molar-refractivity contribution in [1.82, 2.24) is 15.5 Å². The number of aliphatic carboxylic acids is 1. The number of aromatic hydroxyl groups is 1. The van der Waals surface area contributed by atoms with Crippen molar-refractivity contribution in [2.24, 2.45) is 5.73 Å². The van der Waals surface area contributed by atoms with E-state index in [-0.39, 0.29) is 17.9 Å². The number of carboxylic acid groups (broad SMARTS) is 1. The van der Waals surface area contributed by atoms with Gasteiger partial charge in [0.2, 0.25) is 17.7 Å². The normalized spacial score (nSPS) is 18.1. The standard InChI is InChI=1S/C22H32N4O6S2/c1-34-10-8-16(24-19(28)15(23)12-33)21(30)26-9-2-3-18(26)20(29)25-17(22(31)32)11-13-4-6-14(27)7-5-13/h4-7,15-18,27,33H,2-3,8-12,23H2,1H3,(H,24,28)(H,25,29)(H,31,32). The van der Waals surface area contributed by atoms with Crippen molar-refractivity contribution in [3.05, 3.63) is 29.8 Å². The highest BCUT2D eigenvalue weighted by Crippen LogP contribution is 2.20. The summed E-state index contributed by atoms with van der Waals surface area (Å²) in [6.07, 6.45) is 3.25. The van der Waals surface area contributed by atoms with Crippen LogP contribution < -0.4 is 16.4 Å². The van der Waals surface area contributed by atoms with Crippen molar-refractivity contribution < 1.29 is 29.4 Å². The Labute approximate surface area is 208 Å². The Morgan fingerprint density at radius 1 is 1.21 bits per heavy atom. The predicted molar refractivity (Wildman–Crippen MR) is 133 cm³/mol. The quantitative estimate of drug-likeness (QED) is 0.213. The molecular weight excluding hydrogens is 480 g/mol. The monoisotopic (exact) mass is 512 g/mol. The fraction of sp³-hybridized carbons (Fsp3) is 0.545. The number of amides is 3. The summed E-state index contributed by atoms with van der Waals surface area (Å²) >= 11 is 5.54. The maximum atomic E-state index is 13.3. The van der Waals surface area contributed by atoms with Gasteiger partial charge in [-0.1, -0.05) is 12.1 Å². The van der Waals surface area contributed by atoms with Crippen molar-refractivity contribution in [1.29, 1.82) is 0 Å². The highest BCUT2D eigenvalue weighted by molar-refractivity contribution is 7.98. The number of thiol groups is 1. The topological polar surface area (TPSA) is 162 Å². The molecule has 6 N–H and O–H groups in total. The first-order valence-electron chi connectivity index (χ1n) is 10.9. The summed E-state index contributed by atoms with van der Waals surface area (Å²) < 4.78 is 0. The van der Waals surface area contributed by atoms with Gasteiger partial charge in [0, 0.05) is 18.7 Å². The van der Waals surface area contributed by atoms with E-state index in [1.165, 1.54) is 28.8 Å². The number of nitrogens with one attached hydrogen (secondary N) is 2. The van der Waals surface area contributed by atoms with Gasteiger partial charge in [0.1, 0.15) is 23.9 Å². The number of benzene rings is 1. The van der Waals surface area contributed by atoms with Crippen LogP contribution in [0.1, 0.15) is 24.8 Å². The van der Waals surface area contributed by atoms with Gasteiger partial charge in [0.05, 0.1) is 6.04 Å². The Morgan fingerprint density at radius 2 is 1.88 bits per heavy atom. The number of hydrogen-bond donors (Lipinski definition) is 6. The molecule has 1 aliphatic heterocycles. The zero-order valence-corrected chi connectivity index (χ0v) is 20.7. The molecule has 0 aromatic heterocycles. The summed E-state index contributed by atoms with van der Waals surface area (Å²) in [6.45, 7) is 0.330. The summed E-state index contributed by atoms with van der Waals surface area (Å²) in [4.78, 5) is 51.7. The van der Waals surface area contributed by atoms with Crippen LogP contribution in [-0.2, 0) is 25.6 Å². The van der Waals surface area contributed by atoms with Crippen molar-refractivity contribution >= 4 is 48.1 Å². The second-order valence-electron chi connectivity index (χ2n) is 8.09. The van der Waals surface area contributed by atoms with Gasteiger partial charge in [-0.3, -0.25) is 14.4 Å². The molecule has 1 aliphatic rings. The third kappa shape index (κ3) is 7.81. The third-order valence-corrected chi connectivity index (χ3v) is 6.63. The first-order chi connectivity index (χ1) is 16.2. The number of nitrogens with two attached hydrogens (primary N) is 1. The number of phenols is 1. The van der Waals surface area contributed by atoms with E-state index in [0.717, 1.165) is 0 Å². The molecule has 0 aliphatic carbocycles. The molecule has 10 nitrogen and oxygen atoms in total. The number of rotatable bonds is 12.